The number of para-hydroxylation sites is 2. The number of likely N-dealkylation sites (N-methyl/N-ethyl adjacent to an activating group) is 1. The SMILES string of the molecule is CN1CCN(C(=O)Cc2ccc(NC(=O)Cn3c(-c4nonc4N)nc4ccccc43)cc2)CC1. The molecule has 0 atom stereocenters. The first-order valence-corrected chi connectivity index (χ1v) is 11.4. The molecule has 5 rings (SSSR count). The molecule has 0 spiro atoms. The number of nitrogens with zero attached hydrogens (tertiary/aromatic N) is 6. The number of carbonyl (C=O) groups excluding carboxylic acids is 2. The lowest BCUT2D eigenvalue weighted by molar-refractivity contribution is -0.132. The third-order valence-electron chi connectivity index (χ3n) is 6.13. The van der Waals surface area contributed by atoms with Gasteiger partial charge in [-0.25, -0.2) is 9.61 Å². The number of amides is 2. The average Bonchev–Trinajstić information content (AvgIpc) is 3.44. The Balaban J connectivity index is 1.26. The van der Waals surface area contributed by atoms with E-state index < -0.39 is 0 Å². The van der Waals surface area contributed by atoms with Gasteiger partial charge in [-0.2, -0.15) is 0 Å². The zero-order valence-corrected chi connectivity index (χ0v) is 19.3. The summed E-state index contributed by atoms with van der Waals surface area (Å²) in [4.78, 5) is 34.2. The summed E-state index contributed by atoms with van der Waals surface area (Å²) < 4.78 is 6.45. The Morgan fingerprint density at radius 2 is 1.77 bits per heavy atom. The molecule has 11 heteroatoms. The number of nitrogen functional groups attached to an aromatic ring is 1. The Morgan fingerprint density at radius 3 is 2.49 bits per heavy atom. The van der Waals surface area contributed by atoms with Crippen LogP contribution in [-0.4, -0.2) is 74.7 Å². The van der Waals surface area contributed by atoms with Crippen LogP contribution in [0.1, 0.15) is 5.56 Å². The Labute approximate surface area is 201 Å². The molecule has 180 valence electrons. The molecule has 11 nitrogen and oxygen atoms in total. The highest BCUT2D eigenvalue weighted by molar-refractivity contribution is 5.93. The van der Waals surface area contributed by atoms with Gasteiger partial charge < -0.3 is 25.4 Å². The van der Waals surface area contributed by atoms with E-state index in [4.69, 9.17) is 10.4 Å². The maximum absolute atomic E-state index is 12.9. The van der Waals surface area contributed by atoms with Crippen molar-refractivity contribution in [3.8, 4) is 11.5 Å². The summed E-state index contributed by atoms with van der Waals surface area (Å²) in [7, 11) is 2.06. The van der Waals surface area contributed by atoms with Crippen LogP contribution in [0.5, 0.6) is 0 Å². The molecule has 0 radical (unpaired) electrons. The number of hydrogen-bond donors (Lipinski definition) is 2. The number of carbonyl (C=O) groups is 2. The number of rotatable bonds is 6. The van der Waals surface area contributed by atoms with E-state index in [0.717, 1.165) is 37.3 Å². The number of anilines is 2. The van der Waals surface area contributed by atoms with Gasteiger partial charge in [0.05, 0.1) is 17.5 Å². The van der Waals surface area contributed by atoms with E-state index in [9.17, 15) is 9.59 Å². The van der Waals surface area contributed by atoms with Gasteiger partial charge in [0, 0.05) is 31.9 Å². The number of nitrogens with two attached hydrogens (primary N) is 1. The third-order valence-corrected chi connectivity index (χ3v) is 6.13. The van der Waals surface area contributed by atoms with Crippen molar-refractivity contribution in [3.63, 3.8) is 0 Å². The van der Waals surface area contributed by atoms with Crippen LogP contribution in [0.3, 0.4) is 0 Å². The molecule has 1 aliphatic heterocycles. The van der Waals surface area contributed by atoms with Crippen LogP contribution in [0.15, 0.2) is 53.2 Å². The molecule has 2 aromatic heterocycles. The van der Waals surface area contributed by atoms with Gasteiger partial charge in [0.2, 0.25) is 11.8 Å². The number of fused-ring (bicyclic) bond motifs is 1. The summed E-state index contributed by atoms with van der Waals surface area (Å²) in [5.41, 5.74) is 9.16. The van der Waals surface area contributed by atoms with Crippen LogP contribution in [0.2, 0.25) is 0 Å². The van der Waals surface area contributed by atoms with Gasteiger partial charge in [-0.1, -0.05) is 24.3 Å². The number of aromatic nitrogens is 4. The molecule has 3 heterocycles. The van der Waals surface area contributed by atoms with Crippen LogP contribution in [0.4, 0.5) is 11.5 Å². The second-order valence-electron chi connectivity index (χ2n) is 8.61. The first kappa shape index (κ1) is 22.5. The number of piperazine rings is 1. The molecule has 0 unspecified atom stereocenters. The lowest BCUT2D eigenvalue weighted by atomic mass is 10.1. The molecule has 0 bridgehead atoms. The van der Waals surface area contributed by atoms with E-state index in [0.29, 0.717) is 23.4 Å². The molecule has 35 heavy (non-hydrogen) atoms. The summed E-state index contributed by atoms with van der Waals surface area (Å²) in [6.07, 6.45) is 0.343. The van der Waals surface area contributed by atoms with Crippen molar-refractivity contribution in [2.24, 2.45) is 0 Å². The first-order valence-electron chi connectivity index (χ1n) is 11.4. The number of nitrogens with one attached hydrogen (secondary N) is 1. The van der Waals surface area contributed by atoms with Crippen LogP contribution in [0, 0.1) is 0 Å². The fraction of sp³-hybridized carbons (Fsp3) is 0.292. The zero-order valence-electron chi connectivity index (χ0n) is 19.3. The lowest BCUT2D eigenvalue weighted by Crippen LogP contribution is -2.47. The molecule has 2 amide bonds. The monoisotopic (exact) mass is 474 g/mol. The van der Waals surface area contributed by atoms with Crippen molar-refractivity contribution in [2.75, 3.05) is 44.3 Å². The molecule has 1 fully saturated rings. The molecular weight excluding hydrogens is 448 g/mol. The normalized spacial score (nSPS) is 14.4. The Bertz CT molecular complexity index is 1350. The van der Waals surface area contributed by atoms with Crippen molar-refractivity contribution in [3.05, 3.63) is 54.1 Å². The lowest BCUT2D eigenvalue weighted by Gasteiger charge is -2.32. The Hall–Kier alpha value is -4.25. The second-order valence-corrected chi connectivity index (χ2v) is 8.61. The number of benzene rings is 2. The fourth-order valence-electron chi connectivity index (χ4n) is 4.16. The van der Waals surface area contributed by atoms with Gasteiger partial charge in [-0.15, -0.1) is 0 Å². The second kappa shape index (κ2) is 9.55. The van der Waals surface area contributed by atoms with Gasteiger partial charge in [-0.05, 0) is 47.2 Å². The minimum Gasteiger partial charge on any atom is -0.379 e. The van der Waals surface area contributed by atoms with Crippen molar-refractivity contribution < 1.29 is 14.2 Å². The molecular formula is C24H26N8O3. The predicted molar refractivity (Wildman–Crippen MR) is 130 cm³/mol. The Kier molecular flexibility index (Phi) is 6.15. The molecule has 3 N–H and O–H groups in total. The van der Waals surface area contributed by atoms with Crippen LogP contribution >= 0.6 is 0 Å². The molecule has 1 aliphatic rings. The molecule has 0 aliphatic carbocycles. The number of imidazole rings is 1. The maximum atomic E-state index is 12.9. The van der Waals surface area contributed by atoms with E-state index in [-0.39, 0.29) is 29.9 Å². The van der Waals surface area contributed by atoms with Crippen molar-refractivity contribution in [1.29, 1.82) is 0 Å². The summed E-state index contributed by atoms with van der Waals surface area (Å²) in [6.45, 7) is 3.29. The highest BCUT2D eigenvalue weighted by atomic mass is 16.6. The van der Waals surface area contributed by atoms with E-state index in [2.05, 4.69) is 32.6 Å². The standard InChI is InChI=1S/C24H26N8O3/c1-30-10-12-31(13-11-30)21(34)14-16-6-8-17(9-7-16)26-20(33)15-32-19-5-3-2-4-18(19)27-24(32)22-23(25)29-35-28-22/h2-9H,10-15H2,1H3,(H2,25,29)(H,26,33). The predicted octanol–water partition coefficient (Wildman–Crippen LogP) is 1.62. The van der Waals surface area contributed by atoms with Gasteiger partial charge in [0.1, 0.15) is 6.54 Å². The topological polar surface area (TPSA) is 135 Å². The van der Waals surface area contributed by atoms with Crippen LogP contribution in [-0.2, 0) is 22.6 Å². The molecule has 0 saturated carbocycles. The summed E-state index contributed by atoms with van der Waals surface area (Å²) in [5, 5.41) is 10.4. The van der Waals surface area contributed by atoms with Crippen molar-refractivity contribution in [1.82, 2.24) is 29.7 Å². The molecule has 2 aromatic carbocycles. The molecule has 1 saturated heterocycles. The van der Waals surface area contributed by atoms with Crippen LogP contribution in [0.25, 0.3) is 22.6 Å². The fourth-order valence-corrected chi connectivity index (χ4v) is 4.16. The van der Waals surface area contributed by atoms with E-state index in [1.165, 1.54) is 0 Å². The maximum Gasteiger partial charge on any atom is 0.244 e. The smallest absolute Gasteiger partial charge is 0.244 e. The Morgan fingerprint density at radius 1 is 1.03 bits per heavy atom. The quantitative estimate of drug-likeness (QED) is 0.430. The van der Waals surface area contributed by atoms with E-state index in [1.54, 1.807) is 16.7 Å². The summed E-state index contributed by atoms with van der Waals surface area (Å²) >= 11 is 0. The third kappa shape index (κ3) is 4.85. The van der Waals surface area contributed by atoms with Gasteiger partial charge in [0.15, 0.2) is 17.3 Å². The minimum atomic E-state index is -0.245. The highest BCUT2D eigenvalue weighted by Crippen LogP contribution is 2.26. The van der Waals surface area contributed by atoms with Crippen molar-refractivity contribution >= 4 is 34.4 Å². The van der Waals surface area contributed by atoms with E-state index >= 15 is 0 Å². The highest BCUT2D eigenvalue weighted by Gasteiger charge is 2.21. The summed E-state index contributed by atoms with van der Waals surface area (Å²) in [6, 6.07) is 14.8. The summed E-state index contributed by atoms with van der Waals surface area (Å²) in [5.74, 6) is 0.378. The van der Waals surface area contributed by atoms with Crippen LogP contribution < -0.4 is 11.1 Å². The van der Waals surface area contributed by atoms with Gasteiger partial charge >= 0.3 is 0 Å². The van der Waals surface area contributed by atoms with E-state index in [1.807, 2.05) is 41.3 Å². The number of hydrogen-bond acceptors (Lipinski definition) is 8. The van der Waals surface area contributed by atoms with Gasteiger partial charge in [-0.3, -0.25) is 9.59 Å². The largest absolute Gasteiger partial charge is 0.379 e. The average molecular weight is 475 g/mol. The molecule has 4 aromatic rings. The first-order chi connectivity index (χ1) is 17.0. The van der Waals surface area contributed by atoms with Gasteiger partial charge in [0.25, 0.3) is 0 Å². The van der Waals surface area contributed by atoms with Crippen molar-refractivity contribution in [2.45, 2.75) is 13.0 Å². The zero-order chi connectivity index (χ0) is 24.4. The minimum absolute atomic E-state index is 0.00814.